The number of aromatic nitrogens is 2. The van der Waals surface area contributed by atoms with Crippen LogP contribution < -0.4 is 0 Å². The van der Waals surface area contributed by atoms with E-state index in [2.05, 4.69) is 18.1 Å². The number of aliphatic hydroxyl groups is 1. The van der Waals surface area contributed by atoms with Crippen LogP contribution in [-0.4, -0.2) is 20.6 Å². The van der Waals surface area contributed by atoms with Gasteiger partial charge in [0.15, 0.2) is 0 Å². The molecule has 3 atom stereocenters. The third kappa shape index (κ3) is 2.27. The molecule has 2 aromatic heterocycles. The number of hydrogen-bond acceptors (Lipinski definition) is 2. The minimum Gasteiger partial charge on any atom is -0.393 e. The third-order valence-electron chi connectivity index (χ3n) is 4.09. The van der Waals surface area contributed by atoms with E-state index in [9.17, 15) is 5.11 Å². The Balaban J connectivity index is 1.78. The zero-order valence-corrected chi connectivity index (χ0v) is 10.8. The molecular weight excluding hydrogens is 224 g/mol. The molecule has 18 heavy (non-hydrogen) atoms. The summed E-state index contributed by atoms with van der Waals surface area (Å²) < 4.78 is 2.05. The molecule has 0 aliphatic heterocycles. The number of aliphatic hydroxyl groups excluding tert-OH is 1. The highest BCUT2D eigenvalue weighted by molar-refractivity contribution is 5.39. The van der Waals surface area contributed by atoms with E-state index in [1.807, 2.05) is 28.8 Å². The van der Waals surface area contributed by atoms with Gasteiger partial charge in [0.05, 0.1) is 11.8 Å². The molecule has 1 saturated carbocycles. The van der Waals surface area contributed by atoms with Crippen LogP contribution in [0.3, 0.4) is 0 Å². The van der Waals surface area contributed by atoms with Gasteiger partial charge in [-0.15, -0.1) is 0 Å². The van der Waals surface area contributed by atoms with Gasteiger partial charge in [-0.05, 0) is 49.7 Å². The van der Waals surface area contributed by atoms with Gasteiger partial charge in [0, 0.05) is 12.4 Å². The van der Waals surface area contributed by atoms with E-state index < -0.39 is 0 Å². The van der Waals surface area contributed by atoms with Crippen LogP contribution in [-0.2, 0) is 6.42 Å². The first-order valence-corrected chi connectivity index (χ1v) is 6.83. The first kappa shape index (κ1) is 11.7. The molecule has 0 spiro atoms. The van der Waals surface area contributed by atoms with Gasteiger partial charge in [0.25, 0.3) is 0 Å². The molecule has 1 aliphatic rings. The van der Waals surface area contributed by atoms with Gasteiger partial charge in [-0.1, -0.05) is 13.0 Å². The SMILES string of the molecule is CC1CCC(O)C(Cc2cn3ccccc3n2)C1. The Kier molecular flexibility index (Phi) is 3.08. The predicted octanol–water partition coefficient (Wildman–Crippen LogP) is 2.67. The number of pyridine rings is 1. The van der Waals surface area contributed by atoms with Crippen LogP contribution in [0.2, 0.25) is 0 Å². The molecule has 0 aromatic carbocycles. The van der Waals surface area contributed by atoms with E-state index in [0.29, 0.717) is 5.92 Å². The van der Waals surface area contributed by atoms with Crippen LogP contribution in [0, 0.1) is 11.8 Å². The van der Waals surface area contributed by atoms with E-state index in [1.165, 1.54) is 0 Å². The minimum absolute atomic E-state index is 0.147. The largest absolute Gasteiger partial charge is 0.393 e. The molecule has 0 saturated heterocycles. The van der Waals surface area contributed by atoms with Crippen LogP contribution in [0.1, 0.15) is 31.9 Å². The molecule has 1 fully saturated rings. The topological polar surface area (TPSA) is 37.5 Å². The van der Waals surface area contributed by atoms with Crippen molar-refractivity contribution in [1.82, 2.24) is 9.38 Å². The Morgan fingerprint density at radius 3 is 3.11 bits per heavy atom. The van der Waals surface area contributed by atoms with Crippen molar-refractivity contribution in [3.8, 4) is 0 Å². The molecule has 96 valence electrons. The maximum absolute atomic E-state index is 10.1. The fourth-order valence-corrected chi connectivity index (χ4v) is 3.06. The monoisotopic (exact) mass is 244 g/mol. The molecule has 0 radical (unpaired) electrons. The van der Waals surface area contributed by atoms with Crippen molar-refractivity contribution in [3.05, 3.63) is 36.3 Å². The van der Waals surface area contributed by atoms with Crippen LogP contribution >= 0.6 is 0 Å². The lowest BCUT2D eigenvalue weighted by Crippen LogP contribution is -2.29. The number of hydrogen-bond donors (Lipinski definition) is 1. The van der Waals surface area contributed by atoms with Gasteiger partial charge in [0.1, 0.15) is 5.65 Å². The number of nitrogens with zero attached hydrogens (tertiary/aromatic N) is 2. The van der Waals surface area contributed by atoms with Crippen molar-refractivity contribution in [2.24, 2.45) is 11.8 Å². The smallest absolute Gasteiger partial charge is 0.136 e. The van der Waals surface area contributed by atoms with Gasteiger partial charge < -0.3 is 9.51 Å². The molecular formula is C15H20N2O. The summed E-state index contributed by atoms with van der Waals surface area (Å²) in [5.74, 6) is 1.11. The molecule has 0 bridgehead atoms. The van der Waals surface area contributed by atoms with E-state index in [4.69, 9.17) is 0 Å². The molecule has 3 heteroatoms. The zero-order chi connectivity index (χ0) is 12.5. The summed E-state index contributed by atoms with van der Waals surface area (Å²) in [6, 6.07) is 6.03. The van der Waals surface area contributed by atoms with E-state index in [0.717, 1.165) is 42.9 Å². The average molecular weight is 244 g/mol. The lowest BCUT2D eigenvalue weighted by Gasteiger charge is -2.31. The van der Waals surface area contributed by atoms with Crippen molar-refractivity contribution >= 4 is 5.65 Å². The Labute approximate surface area is 107 Å². The highest BCUT2D eigenvalue weighted by Crippen LogP contribution is 2.31. The maximum atomic E-state index is 10.1. The van der Waals surface area contributed by atoms with Crippen molar-refractivity contribution in [3.63, 3.8) is 0 Å². The molecule has 2 aromatic rings. The second kappa shape index (κ2) is 4.73. The van der Waals surface area contributed by atoms with E-state index >= 15 is 0 Å². The van der Waals surface area contributed by atoms with Gasteiger partial charge >= 0.3 is 0 Å². The Hall–Kier alpha value is -1.35. The Bertz CT molecular complexity index is 501. The van der Waals surface area contributed by atoms with Crippen LogP contribution in [0.25, 0.3) is 5.65 Å². The fourth-order valence-electron chi connectivity index (χ4n) is 3.06. The number of fused-ring (bicyclic) bond motifs is 1. The van der Waals surface area contributed by atoms with Crippen molar-refractivity contribution < 1.29 is 5.11 Å². The standard InChI is InChI=1S/C15H20N2O/c1-11-5-6-14(18)12(8-11)9-13-10-17-7-3-2-4-15(17)16-13/h2-4,7,10-12,14,18H,5-6,8-9H2,1H3. The van der Waals surface area contributed by atoms with Crippen LogP contribution in [0.15, 0.2) is 30.6 Å². The average Bonchev–Trinajstić information content (AvgIpc) is 2.76. The molecule has 0 amide bonds. The van der Waals surface area contributed by atoms with Crippen molar-refractivity contribution in [2.45, 2.75) is 38.7 Å². The molecule has 1 N–H and O–H groups in total. The molecule has 2 heterocycles. The highest BCUT2D eigenvalue weighted by atomic mass is 16.3. The Morgan fingerprint density at radius 1 is 1.39 bits per heavy atom. The van der Waals surface area contributed by atoms with Gasteiger partial charge in [-0.25, -0.2) is 4.98 Å². The van der Waals surface area contributed by atoms with Gasteiger partial charge in [-0.2, -0.15) is 0 Å². The molecule has 3 unspecified atom stereocenters. The molecule has 3 rings (SSSR count). The van der Waals surface area contributed by atoms with E-state index in [1.54, 1.807) is 0 Å². The van der Waals surface area contributed by atoms with Gasteiger partial charge in [0.2, 0.25) is 0 Å². The molecule has 1 aliphatic carbocycles. The zero-order valence-electron chi connectivity index (χ0n) is 10.8. The van der Waals surface area contributed by atoms with Crippen LogP contribution in [0.4, 0.5) is 0 Å². The molecule has 3 nitrogen and oxygen atoms in total. The minimum atomic E-state index is -0.147. The summed E-state index contributed by atoms with van der Waals surface area (Å²) in [5, 5.41) is 10.1. The second-order valence-corrected chi connectivity index (χ2v) is 5.65. The first-order chi connectivity index (χ1) is 8.72. The van der Waals surface area contributed by atoms with Crippen molar-refractivity contribution in [2.75, 3.05) is 0 Å². The lowest BCUT2D eigenvalue weighted by molar-refractivity contribution is 0.0515. The normalized spacial score (nSPS) is 28.7. The summed E-state index contributed by atoms with van der Waals surface area (Å²) in [6.45, 7) is 2.28. The van der Waals surface area contributed by atoms with E-state index in [-0.39, 0.29) is 6.10 Å². The first-order valence-electron chi connectivity index (χ1n) is 6.83. The maximum Gasteiger partial charge on any atom is 0.136 e. The summed E-state index contributed by atoms with van der Waals surface area (Å²) in [7, 11) is 0. The highest BCUT2D eigenvalue weighted by Gasteiger charge is 2.27. The predicted molar refractivity (Wildman–Crippen MR) is 71.4 cm³/mol. The quantitative estimate of drug-likeness (QED) is 0.882. The second-order valence-electron chi connectivity index (χ2n) is 5.65. The van der Waals surface area contributed by atoms with Crippen molar-refractivity contribution in [1.29, 1.82) is 0 Å². The summed E-state index contributed by atoms with van der Waals surface area (Å²) >= 11 is 0. The third-order valence-corrected chi connectivity index (χ3v) is 4.09. The number of rotatable bonds is 2. The van der Waals surface area contributed by atoms with Crippen LogP contribution in [0.5, 0.6) is 0 Å². The van der Waals surface area contributed by atoms with Gasteiger partial charge in [-0.3, -0.25) is 0 Å². The summed E-state index contributed by atoms with van der Waals surface area (Å²) in [5.41, 5.74) is 2.09. The lowest BCUT2D eigenvalue weighted by atomic mass is 9.78. The Morgan fingerprint density at radius 2 is 2.28 bits per heavy atom. The fraction of sp³-hybridized carbons (Fsp3) is 0.533. The summed E-state index contributed by atoms with van der Waals surface area (Å²) in [4.78, 5) is 4.62. The number of imidazole rings is 1. The summed E-state index contributed by atoms with van der Waals surface area (Å²) in [6.07, 6.45) is 8.07.